The summed E-state index contributed by atoms with van der Waals surface area (Å²) in [5.74, 6) is 2.13. The molecule has 1 aromatic rings. The second kappa shape index (κ2) is 6.35. The molecule has 3 N–H and O–H groups in total. The summed E-state index contributed by atoms with van der Waals surface area (Å²) in [6.07, 6.45) is 1.62. The molecule has 0 fully saturated rings. The van der Waals surface area contributed by atoms with Crippen LogP contribution < -0.4 is 10.5 Å². The number of ether oxygens (including phenoxy) is 1. The minimum absolute atomic E-state index is 0.265. The molecule has 82 valence electrons. The van der Waals surface area contributed by atoms with Crippen molar-refractivity contribution >= 4 is 17.6 Å². The van der Waals surface area contributed by atoms with Crippen molar-refractivity contribution in [1.29, 1.82) is 5.41 Å². The van der Waals surface area contributed by atoms with Gasteiger partial charge in [-0.2, -0.15) is 0 Å². The lowest BCUT2D eigenvalue weighted by molar-refractivity contribution is 0.413. The van der Waals surface area contributed by atoms with Crippen LogP contribution in [0.4, 0.5) is 0 Å². The van der Waals surface area contributed by atoms with E-state index in [-0.39, 0.29) is 5.84 Å². The Labute approximate surface area is 94.5 Å². The number of amidine groups is 1. The minimum Gasteiger partial charge on any atom is -0.497 e. The fourth-order valence-electron chi connectivity index (χ4n) is 1.14. The van der Waals surface area contributed by atoms with Gasteiger partial charge in [-0.3, -0.25) is 5.41 Å². The summed E-state index contributed by atoms with van der Waals surface area (Å²) in [6, 6.07) is 7.98. The average Bonchev–Trinajstić information content (AvgIpc) is 2.24. The zero-order valence-corrected chi connectivity index (χ0v) is 9.64. The highest BCUT2D eigenvalue weighted by molar-refractivity contribution is 7.99. The van der Waals surface area contributed by atoms with Crippen LogP contribution in [-0.4, -0.2) is 18.7 Å². The van der Waals surface area contributed by atoms with Crippen LogP contribution in [0.25, 0.3) is 0 Å². The maximum absolute atomic E-state index is 7.09. The van der Waals surface area contributed by atoms with Gasteiger partial charge >= 0.3 is 0 Å². The third kappa shape index (κ3) is 4.74. The van der Waals surface area contributed by atoms with Crippen molar-refractivity contribution in [3.05, 3.63) is 24.3 Å². The smallest absolute Gasteiger partial charge is 0.119 e. The summed E-state index contributed by atoms with van der Waals surface area (Å²) >= 11 is 1.76. The topological polar surface area (TPSA) is 59.1 Å². The number of benzene rings is 1. The van der Waals surface area contributed by atoms with Crippen molar-refractivity contribution in [1.82, 2.24) is 0 Å². The monoisotopic (exact) mass is 224 g/mol. The second-order valence-corrected chi connectivity index (χ2v) is 4.32. The van der Waals surface area contributed by atoms with Crippen molar-refractivity contribution in [2.24, 2.45) is 5.73 Å². The van der Waals surface area contributed by atoms with Gasteiger partial charge in [-0.1, -0.05) is 6.07 Å². The third-order valence-corrected chi connectivity index (χ3v) is 2.98. The standard InChI is InChI=1S/C11H16N2OS/c1-14-9-4-2-5-10(8-9)15-7-3-6-11(12)13/h2,4-5,8H,3,6-7H2,1H3,(H3,12,13). The van der Waals surface area contributed by atoms with E-state index in [1.165, 1.54) is 4.90 Å². The second-order valence-electron chi connectivity index (χ2n) is 3.16. The molecule has 0 aliphatic carbocycles. The molecule has 0 aliphatic rings. The first-order chi connectivity index (χ1) is 7.22. The van der Waals surface area contributed by atoms with Crippen molar-refractivity contribution in [2.75, 3.05) is 12.9 Å². The third-order valence-electron chi connectivity index (χ3n) is 1.90. The zero-order valence-electron chi connectivity index (χ0n) is 8.82. The molecule has 3 nitrogen and oxygen atoms in total. The predicted octanol–water partition coefficient (Wildman–Crippen LogP) is 2.50. The molecule has 0 unspecified atom stereocenters. The molecular formula is C11H16N2OS. The van der Waals surface area contributed by atoms with Gasteiger partial charge in [0.25, 0.3) is 0 Å². The molecule has 0 saturated heterocycles. The highest BCUT2D eigenvalue weighted by atomic mass is 32.2. The van der Waals surface area contributed by atoms with Crippen molar-refractivity contribution in [2.45, 2.75) is 17.7 Å². The summed E-state index contributed by atoms with van der Waals surface area (Å²) < 4.78 is 5.13. The van der Waals surface area contributed by atoms with Crippen LogP contribution in [0.5, 0.6) is 5.75 Å². The van der Waals surface area contributed by atoms with Crippen molar-refractivity contribution < 1.29 is 4.74 Å². The number of thioether (sulfide) groups is 1. The molecule has 4 heteroatoms. The van der Waals surface area contributed by atoms with Crippen molar-refractivity contribution in [3.63, 3.8) is 0 Å². The van der Waals surface area contributed by atoms with E-state index in [0.29, 0.717) is 6.42 Å². The van der Waals surface area contributed by atoms with E-state index in [1.807, 2.05) is 18.2 Å². The van der Waals surface area contributed by atoms with Gasteiger partial charge < -0.3 is 10.5 Å². The van der Waals surface area contributed by atoms with Gasteiger partial charge in [-0.25, -0.2) is 0 Å². The predicted molar refractivity (Wildman–Crippen MR) is 64.9 cm³/mol. The van der Waals surface area contributed by atoms with E-state index >= 15 is 0 Å². The largest absolute Gasteiger partial charge is 0.497 e. The van der Waals surface area contributed by atoms with Gasteiger partial charge in [0.2, 0.25) is 0 Å². The van der Waals surface area contributed by atoms with Crippen LogP contribution in [0.2, 0.25) is 0 Å². The Kier molecular flexibility index (Phi) is 5.04. The van der Waals surface area contributed by atoms with Gasteiger partial charge in [0.15, 0.2) is 0 Å². The van der Waals surface area contributed by atoms with E-state index in [2.05, 4.69) is 6.07 Å². The molecule has 0 bridgehead atoms. The Morgan fingerprint density at radius 2 is 2.33 bits per heavy atom. The normalized spacial score (nSPS) is 9.93. The summed E-state index contributed by atoms with van der Waals surface area (Å²) in [5, 5.41) is 7.09. The van der Waals surface area contributed by atoms with Gasteiger partial charge in [0.05, 0.1) is 12.9 Å². The number of hydrogen-bond acceptors (Lipinski definition) is 3. The minimum atomic E-state index is 0.265. The first-order valence-corrected chi connectivity index (χ1v) is 5.80. The van der Waals surface area contributed by atoms with Crippen LogP contribution in [0.1, 0.15) is 12.8 Å². The lowest BCUT2D eigenvalue weighted by Crippen LogP contribution is -2.08. The Balaban J connectivity index is 2.33. The molecule has 1 aromatic carbocycles. The highest BCUT2D eigenvalue weighted by Crippen LogP contribution is 2.23. The summed E-state index contributed by atoms with van der Waals surface area (Å²) in [7, 11) is 1.67. The molecule has 0 heterocycles. The fourth-order valence-corrected chi connectivity index (χ4v) is 2.04. The lowest BCUT2D eigenvalue weighted by Gasteiger charge is -2.03. The van der Waals surface area contributed by atoms with Crippen LogP contribution >= 0.6 is 11.8 Å². The number of rotatable bonds is 6. The first-order valence-electron chi connectivity index (χ1n) is 4.82. The summed E-state index contributed by atoms with van der Waals surface area (Å²) in [4.78, 5) is 1.19. The molecule has 0 amide bonds. The SMILES string of the molecule is COc1cccc(SCCCC(=N)N)c1. The Bertz CT molecular complexity index is 328. The average molecular weight is 224 g/mol. The summed E-state index contributed by atoms with van der Waals surface area (Å²) in [5.41, 5.74) is 5.27. The number of nitrogens with one attached hydrogen (secondary N) is 1. The van der Waals surface area contributed by atoms with Gasteiger partial charge in [-0.05, 0) is 30.4 Å². The number of nitrogens with two attached hydrogens (primary N) is 1. The molecule has 0 aromatic heterocycles. The highest BCUT2D eigenvalue weighted by Gasteiger charge is 1.97. The van der Waals surface area contributed by atoms with E-state index in [1.54, 1.807) is 18.9 Å². The lowest BCUT2D eigenvalue weighted by atomic mass is 10.3. The van der Waals surface area contributed by atoms with Crippen LogP contribution in [0.3, 0.4) is 0 Å². The Hall–Kier alpha value is -1.16. The molecule has 0 spiro atoms. The van der Waals surface area contributed by atoms with E-state index in [4.69, 9.17) is 15.9 Å². The molecule has 0 radical (unpaired) electrons. The van der Waals surface area contributed by atoms with E-state index in [0.717, 1.165) is 17.9 Å². The van der Waals surface area contributed by atoms with Crippen molar-refractivity contribution in [3.8, 4) is 5.75 Å². The van der Waals surface area contributed by atoms with Crippen LogP contribution in [-0.2, 0) is 0 Å². The van der Waals surface area contributed by atoms with Crippen LogP contribution in [0.15, 0.2) is 29.2 Å². The molecule has 0 saturated carbocycles. The maximum atomic E-state index is 7.09. The van der Waals surface area contributed by atoms with Gasteiger partial charge in [-0.15, -0.1) is 11.8 Å². The zero-order chi connectivity index (χ0) is 11.1. The van der Waals surface area contributed by atoms with E-state index < -0.39 is 0 Å². The number of methoxy groups -OCH3 is 1. The Morgan fingerprint density at radius 1 is 1.53 bits per heavy atom. The Morgan fingerprint density at radius 3 is 3.00 bits per heavy atom. The summed E-state index contributed by atoms with van der Waals surface area (Å²) in [6.45, 7) is 0. The van der Waals surface area contributed by atoms with Crippen LogP contribution in [0, 0.1) is 5.41 Å². The van der Waals surface area contributed by atoms with Gasteiger partial charge in [0.1, 0.15) is 5.75 Å². The van der Waals surface area contributed by atoms with E-state index in [9.17, 15) is 0 Å². The maximum Gasteiger partial charge on any atom is 0.119 e. The molecular weight excluding hydrogens is 208 g/mol. The van der Waals surface area contributed by atoms with Gasteiger partial charge in [0, 0.05) is 11.3 Å². The fraction of sp³-hybridized carbons (Fsp3) is 0.364. The molecule has 15 heavy (non-hydrogen) atoms. The molecule has 1 rings (SSSR count). The molecule has 0 atom stereocenters. The quantitative estimate of drug-likeness (QED) is 0.338. The first kappa shape index (κ1) is 11.9. The molecule has 0 aliphatic heterocycles. The number of hydrogen-bond donors (Lipinski definition) is 2.